The third-order valence-electron chi connectivity index (χ3n) is 2.72. The first-order valence-corrected chi connectivity index (χ1v) is 6.30. The monoisotopic (exact) mass is 291 g/mol. The molecule has 0 atom stereocenters. The molecule has 6 heteroatoms. The van der Waals surface area contributed by atoms with Gasteiger partial charge in [-0.3, -0.25) is 9.78 Å². The fourth-order valence-electron chi connectivity index (χ4n) is 1.68. The van der Waals surface area contributed by atoms with Gasteiger partial charge in [-0.1, -0.05) is 17.7 Å². The average molecular weight is 292 g/mol. The maximum absolute atomic E-state index is 12.1. The van der Waals surface area contributed by atoms with Crippen molar-refractivity contribution in [1.82, 2.24) is 10.3 Å². The third-order valence-corrected chi connectivity index (χ3v) is 3.05. The summed E-state index contributed by atoms with van der Waals surface area (Å²) < 4.78 is 5.14. The van der Waals surface area contributed by atoms with Crippen LogP contribution < -0.4 is 15.8 Å². The molecule has 0 aliphatic heterocycles. The number of methoxy groups -OCH3 is 1. The van der Waals surface area contributed by atoms with E-state index in [1.165, 1.54) is 19.2 Å². The zero-order valence-corrected chi connectivity index (χ0v) is 11.6. The Morgan fingerprint density at radius 1 is 1.45 bits per heavy atom. The van der Waals surface area contributed by atoms with Crippen LogP contribution in [0.3, 0.4) is 0 Å². The van der Waals surface area contributed by atoms with Gasteiger partial charge in [0, 0.05) is 12.3 Å². The van der Waals surface area contributed by atoms with Gasteiger partial charge in [0.25, 0.3) is 5.91 Å². The molecule has 0 spiro atoms. The number of ether oxygens (including phenoxy) is 1. The minimum absolute atomic E-state index is 0.297. The average Bonchev–Trinajstić information content (AvgIpc) is 2.48. The Kier molecular flexibility index (Phi) is 4.42. The van der Waals surface area contributed by atoms with Crippen molar-refractivity contribution in [3.05, 3.63) is 52.8 Å². The number of nitrogen functional groups attached to an aromatic ring is 1. The Morgan fingerprint density at radius 3 is 2.90 bits per heavy atom. The molecule has 0 aliphatic rings. The second-order valence-corrected chi connectivity index (χ2v) is 4.48. The van der Waals surface area contributed by atoms with Gasteiger partial charge < -0.3 is 15.8 Å². The van der Waals surface area contributed by atoms with Gasteiger partial charge in [-0.05, 0) is 18.2 Å². The number of halogens is 1. The molecule has 0 bridgehead atoms. The van der Waals surface area contributed by atoms with Gasteiger partial charge in [-0.25, -0.2) is 0 Å². The quantitative estimate of drug-likeness (QED) is 0.847. The number of aromatic nitrogens is 1. The first-order valence-electron chi connectivity index (χ1n) is 5.93. The predicted molar refractivity (Wildman–Crippen MR) is 77.8 cm³/mol. The molecule has 0 fully saturated rings. The number of carbonyl (C=O) groups is 1. The van der Waals surface area contributed by atoms with Crippen molar-refractivity contribution in [2.45, 2.75) is 6.54 Å². The molecule has 1 aromatic heterocycles. The highest BCUT2D eigenvalue weighted by Gasteiger charge is 2.14. The summed E-state index contributed by atoms with van der Waals surface area (Å²) in [6.07, 6.45) is 1.67. The molecule has 0 unspecified atom stereocenters. The highest BCUT2D eigenvalue weighted by molar-refractivity contribution is 6.33. The van der Waals surface area contributed by atoms with E-state index in [9.17, 15) is 4.79 Å². The molecular weight excluding hydrogens is 278 g/mol. The zero-order chi connectivity index (χ0) is 14.5. The summed E-state index contributed by atoms with van der Waals surface area (Å²) in [6.45, 7) is 0.324. The number of amides is 1. The van der Waals surface area contributed by atoms with Crippen molar-refractivity contribution in [2.75, 3.05) is 12.8 Å². The summed E-state index contributed by atoms with van der Waals surface area (Å²) in [6, 6.07) is 8.51. The number of pyridine rings is 1. The van der Waals surface area contributed by atoms with Crippen molar-refractivity contribution < 1.29 is 9.53 Å². The lowest BCUT2D eigenvalue weighted by Crippen LogP contribution is -2.24. The largest absolute Gasteiger partial charge is 0.496 e. The molecular formula is C14H14ClN3O2. The van der Waals surface area contributed by atoms with E-state index < -0.39 is 0 Å². The van der Waals surface area contributed by atoms with Crippen LogP contribution in [0.5, 0.6) is 5.75 Å². The fraction of sp³-hybridized carbons (Fsp3) is 0.143. The van der Waals surface area contributed by atoms with Gasteiger partial charge in [0.05, 0.1) is 35.6 Å². The first kappa shape index (κ1) is 14.1. The number of rotatable bonds is 4. The van der Waals surface area contributed by atoms with Gasteiger partial charge in [-0.15, -0.1) is 0 Å². The van der Waals surface area contributed by atoms with E-state index in [1.54, 1.807) is 6.20 Å². The van der Waals surface area contributed by atoms with Crippen LogP contribution in [-0.2, 0) is 6.54 Å². The third kappa shape index (κ3) is 3.19. The molecule has 3 N–H and O–H groups in total. The number of nitrogens with one attached hydrogen (secondary N) is 1. The molecule has 2 aromatic rings. The van der Waals surface area contributed by atoms with Crippen LogP contribution in [-0.4, -0.2) is 18.0 Å². The van der Waals surface area contributed by atoms with E-state index in [2.05, 4.69) is 10.3 Å². The van der Waals surface area contributed by atoms with Crippen molar-refractivity contribution >= 4 is 23.2 Å². The van der Waals surface area contributed by atoms with Gasteiger partial charge in [0.2, 0.25) is 0 Å². The van der Waals surface area contributed by atoms with Crippen LogP contribution in [0.1, 0.15) is 16.1 Å². The summed E-state index contributed by atoms with van der Waals surface area (Å²) in [7, 11) is 1.47. The van der Waals surface area contributed by atoms with Crippen LogP contribution in [0.2, 0.25) is 5.02 Å². The second kappa shape index (κ2) is 6.25. The Bertz CT molecular complexity index is 617. The minimum Gasteiger partial charge on any atom is -0.496 e. The van der Waals surface area contributed by atoms with Crippen LogP contribution >= 0.6 is 11.6 Å². The van der Waals surface area contributed by atoms with E-state index in [-0.39, 0.29) is 5.91 Å². The molecule has 104 valence electrons. The van der Waals surface area contributed by atoms with E-state index in [4.69, 9.17) is 22.1 Å². The zero-order valence-electron chi connectivity index (χ0n) is 10.9. The number of nitrogens with two attached hydrogens (primary N) is 1. The molecule has 1 heterocycles. The first-order chi connectivity index (χ1) is 9.61. The SMILES string of the molecule is COc1cc(N)c(Cl)cc1C(=O)NCc1ccccn1. The van der Waals surface area contributed by atoms with Gasteiger partial charge in [0.15, 0.2) is 0 Å². The summed E-state index contributed by atoms with van der Waals surface area (Å²) in [5, 5.41) is 3.07. The molecule has 0 radical (unpaired) electrons. The van der Waals surface area contributed by atoms with E-state index in [0.717, 1.165) is 5.69 Å². The van der Waals surface area contributed by atoms with Crippen molar-refractivity contribution in [3.8, 4) is 5.75 Å². The molecule has 5 nitrogen and oxygen atoms in total. The normalized spacial score (nSPS) is 10.1. The van der Waals surface area contributed by atoms with E-state index >= 15 is 0 Å². The highest BCUT2D eigenvalue weighted by atomic mass is 35.5. The summed E-state index contributed by atoms with van der Waals surface area (Å²) >= 11 is 5.93. The number of benzene rings is 1. The molecule has 20 heavy (non-hydrogen) atoms. The lowest BCUT2D eigenvalue weighted by Gasteiger charge is -2.11. The van der Waals surface area contributed by atoms with E-state index in [0.29, 0.717) is 28.6 Å². The summed E-state index contributed by atoms with van der Waals surface area (Å²) in [4.78, 5) is 16.3. The van der Waals surface area contributed by atoms with Crippen molar-refractivity contribution in [3.63, 3.8) is 0 Å². The highest BCUT2D eigenvalue weighted by Crippen LogP contribution is 2.28. The maximum atomic E-state index is 12.1. The van der Waals surface area contributed by atoms with E-state index in [1.807, 2.05) is 18.2 Å². The number of hydrogen-bond acceptors (Lipinski definition) is 4. The lowest BCUT2D eigenvalue weighted by atomic mass is 10.1. The Labute approximate surface area is 121 Å². The Morgan fingerprint density at radius 2 is 2.25 bits per heavy atom. The summed E-state index contributed by atoms with van der Waals surface area (Å²) in [5.74, 6) is 0.0832. The molecule has 0 saturated carbocycles. The Hall–Kier alpha value is -2.27. The summed E-state index contributed by atoms with van der Waals surface area (Å²) in [5.41, 5.74) is 7.14. The smallest absolute Gasteiger partial charge is 0.255 e. The van der Waals surface area contributed by atoms with Crippen LogP contribution in [0.25, 0.3) is 0 Å². The topological polar surface area (TPSA) is 77.2 Å². The standard InChI is InChI=1S/C14H14ClN3O2/c1-20-13-7-12(16)11(15)6-10(13)14(19)18-8-9-4-2-3-5-17-9/h2-7H,8,16H2,1H3,(H,18,19). The van der Waals surface area contributed by atoms with Crippen LogP contribution in [0, 0.1) is 0 Å². The predicted octanol–water partition coefficient (Wildman–Crippen LogP) is 2.26. The molecule has 0 aliphatic carbocycles. The number of anilines is 1. The maximum Gasteiger partial charge on any atom is 0.255 e. The van der Waals surface area contributed by atoms with Crippen LogP contribution in [0.4, 0.5) is 5.69 Å². The van der Waals surface area contributed by atoms with Gasteiger partial charge in [-0.2, -0.15) is 0 Å². The number of hydrogen-bond donors (Lipinski definition) is 2. The molecule has 1 amide bonds. The fourth-order valence-corrected chi connectivity index (χ4v) is 1.85. The van der Waals surface area contributed by atoms with Gasteiger partial charge >= 0.3 is 0 Å². The Balaban J connectivity index is 2.15. The molecule has 2 rings (SSSR count). The number of carbonyl (C=O) groups excluding carboxylic acids is 1. The number of nitrogens with zero attached hydrogens (tertiary/aromatic N) is 1. The van der Waals surface area contributed by atoms with Crippen LogP contribution in [0.15, 0.2) is 36.5 Å². The molecule has 1 aromatic carbocycles. The minimum atomic E-state index is -0.297. The van der Waals surface area contributed by atoms with Gasteiger partial charge in [0.1, 0.15) is 5.75 Å². The van der Waals surface area contributed by atoms with Crippen molar-refractivity contribution in [1.29, 1.82) is 0 Å². The lowest BCUT2D eigenvalue weighted by molar-refractivity contribution is 0.0947. The second-order valence-electron chi connectivity index (χ2n) is 4.08. The van der Waals surface area contributed by atoms with Crippen molar-refractivity contribution in [2.24, 2.45) is 0 Å². The molecule has 0 saturated heterocycles.